The number of amides is 1. The maximum atomic E-state index is 12.7. The van der Waals surface area contributed by atoms with Gasteiger partial charge in [-0.1, -0.05) is 48.5 Å². The van der Waals surface area contributed by atoms with Crippen LogP contribution in [0.4, 0.5) is 0 Å². The van der Waals surface area contributed by atoms with E-state index in [-0.39, 0.29) is 10.8 Å². The summed E-state index contributed by atoms with van der Waals surface area (Å²) in [4.78, 5) is 22.2. The minimum Gasteiger partial charge on any atom is -0.348 e. The van der Waals surface area contributed by atoms with Crippen LogP contribution < -0.4 is 5.32 Å². The smallest absolute Gasteiger partial charge is 0.253 e. The van der Waals surface area contributed by atoms with Crippen LogP contribution in [0.2, 0.25) is 0 Å². The van der Waals surface area contributed by atoms with Gasteiger partial charge in [-0.3, -0.25) is 9.78 Å². The third-order valence-electron chi connectivity index (χ3n) is 5.24. The second-order valence-electron chi connectivity index (χ2n) is 7.66. The van der Waals surface area contributed by atoms with Crippen LogP contribution in [0, 0.1) is 0 Å². The number of nitrogens with one attached hydrogen (secondary N) is 1. The highest BCUT2D eigenvalue weighted by Gasteiger charge is 2.24. The molecule has 1 amide bonds. The quantitative estimate of drug-likeness (QED) is 0.642. The Morgan fingerprint density at radius 3 is 2.45 bits per heavy atom. The molecule has 2 aromatic carbocycles. The molecule has 1 aromatic heterocycles. The molecule has 31 heavy (non-hydrogen) atoms. The van der Waals surface area contributed by atoms with Crippen molar-refractivity contribution in [2.75, 3.05) is 0 Å². The number of aromatic nitrogens is 2. The molecule has 1 heterocycles. The highest BCUT2D eigenvalue weighted by Crippen LogP contribution is 2.28. The zero-order valence-electron chi connectivity index (χ0n) is 17.4. The van der Waals surface area contributed by atoms with E-state index in [1.54, 1.807) is 44.3 Å². The fourth-order valence-corrected chi connectivity index (χ4v) is 4.43. The largest absolute Gasteiger partial charge is 0.348 e. The first-order valence-corrected chi connectivity index (χ1v) is 11.6. The zero-order chi connectivity index (χ0) is 22.0. The van der Waals surface area contributed by atoms with Crippen molar-refractivity contribution in [3.05, 3.63) is 83.8 Å². The molecule has 0 atom stereocenters. The fraction of sp³-hybridized carbons (Fsp3) is 0.208. The molecule has 1 N–H and O–H groups in total. The summed E-state index contributed by atoms with van der Waals surface area (Å²) in [5.74, 6) is -0.188. The van der Waals surface area contributed by atoms with Crippen LogP contribution in [-0.2, 0) is 27.6 Å². The van der Waals surface area contributed by atoms with E-state index in [1.807, 2.05) is 36.4 Å². The Kier molecular flexibility index (Phi) is 5.69. The Balaban J connectivity index is 1.55. The lowest BCUT2D eigenvalue weighted by molar-refractivity contribution is -0.115. The van der Waals surface area contributed by atoms with Crippen molar-refractivity contribution in [3.63, 3.8) is 0 Å². The first-order chi connectivity index (χ1) is 14.9. The number of hydrogen-bond donors (Lipinski definition) is 1. The first-order valence-electron chi connectivity index (χ1n) is 10.1. The molecular weight excluding hydrogens is 410 g/mol. The fourth-order valence-electron chi connectivity index (χ4n) is 3.37. The van der Waals surface area contributed by atoms with Gasteiger partial charge in [-0.25, -0.2) is 13.4 Å². The van der Waals surface area contributed by atoms with Gasteiger partial charge in [0.25, 0.3) is 5.91 Å². The van der Waals surface area contributed by atoms with Crippen LogP contribution in [0.15, 0.2) is 71.8 Å². The van der Waals surface area contributed by atoms with Gasteiger partial charge in [-0.15, -0.1) is 0 Å². The summed E-state index contributed by atoms with van der Waals surface area (Å²) < 4.78 is 24.7. The summed E-state index contributed by atoms with van der Waals surface area (Å²) in [5.41, 5.74) is 4.20. The molecule has 0 fully saturated rings. The lowest BCUT2D eigenvalue weighted by Gasteiger charge is -2.10. The SMILES string of the molecule is CC(C)S(=O)(=O)c1ccc(-c2cnc3c(n2)C(C(=O)NCc2ccccc2)=CC3)cc1. The van der Waals surface area contributed by atoms with E-state index in [4.69, 9.17) is 0 Å². The number of sulfone groups is 1. The summed E-state index contributed by atoms with van der Waals surface area (Å²) in [7, 11) is -3.33. The van der Waals surface area contributed by atoms with Gasteiger partial charge < -0.3 is 5.32 Å². The third kappa shape index (κ3) is 4.27. The highest BCUT2D eigenvalue weighted by molar-refractivity contribution is 7.92. The van der Waals surface area contributed by atoms with E-state index >= 15 is 0 Å². The van der Waals surface area contributed by atoms with Gasteiger partial charge >= 0.3 is 0 Å². The molecule has 158 valence electrons. The highest BCUT2D eigenvalue weighted by atomic mass is 32.2. The van der Waals surface area contributed by atoms with Crippen LogP contribution >= 0.6 is 0 Å². The number of rotatable bonds is 6. The number of allylic oxidation sites excluding steroid dienone is 1. The number of fused-ring (bicyclic) bond motifs is 1. The van der Waals surface area contributed by atoms with Gasteiger partial charge in [-0.05, 0) is 31.5 Å². The van der Waals surface area contributed by atoms with Crippen molar-refractivity contribution in [3.8, 4) is 11.3 Å². The van der Waals surface area contributed by atoms with E-state index in [0.29, 0.717) is 29.9 Å². The average molecular weight is 434 g/mol. The number of hydrogen-bond acceptors (Lipinski definition) is 5. The second kappa shape index (κ2) is 8.43. The molecule has 0 radical (unpaired) electrons. The Hall–Kier alpha value is -3.32. The van der Waals surface area contributed by atoms with E-state index < -0.39 is 15.1 Å². The van der Waals surface area contributed by atoms with Crippen LogP contribution in [0.5, 0.6) is 0 Å². The lowest BCUT2D eigenvalue weighted by Crippen LogP contribution is -2.23. The number of carbonyl (C=O) groups is 1. The first kappa shape index (κ1) is 20.9. The normalized spacial score (nSPS) is 13.1. The van der Waals surface area contributed by atoms with Gasteiger partial charge in [0.1, 0.15) is 0 Å². The molecule has 3 aromatic rings. The van der Waals surface area contributed by atoms with Gasteiger partial charge in [0, 0.05) is 18.5 Å². The standard InChI is InChI=1S/C24H23N3O3S/c1-16(2)31(29,30)19-10-8-18(9-11-19)22-15-25-21-13-12-20(23(21)27-22)24(28)26-14-17-6-4-3-5-7-17/h3-12,15-16H,13-14H2,1-2H3,(H,26,28). The summed E-state index contributed by atoms with van der Waals surface area (Å²) in [6.07, 6.45) is 4.05. The van der Waals surface area contributed by atoms with Crippen molar-refractivity contribution in [1.82, 2.24) is 15.3 Å². The predicted molar refractivity (Wildman–Crippen MR) is 120 cm³/mol. The number of carbonyl (C=O) groups excluding carboxylic acids is 1. The average Bonchev–Trinajstić information content (AvgIpc) is 3.21. The molecule has 4 rings (SSSR count). The van der Waals surface area contributed by atoms with Crippen LogP contribution in [0.25, 0.3) is 16.8 Å². The van der Waals surface area contributed by atoms with Gasteiger partial charge in [0.15, 0.2) is 9.84 Å². The molecule has 6 nitrogen and oxygen atoms in total. The van der Waals surface area contributed by atoms with Crippen molar-refractivity contribution >= 4 is 21.3 Å². The molecule has 1 aliphatic rings. The molecule has 0 spiro atoms. The molecule has 0 saturated carbocycles. The maximum Gasteiger partial charge on any atom is 0.253 e. The lowest BCUT2D eigenvalue weighted by atomic mass is 10.1. The van der Waals surface area contributed by atoms with E-state index in [0.717, 1.165) is 16.8 Å². The van der Waals surface area contributed by atoms with Crippen LogP contribution in [0.3, 0.4) is 0 Å². The van der Waals surface area contributed by atoms with E-state index in [9.17, 15) is 13.2 Å². The maximum absolute atomic E-state index is 12.7. The summed E-state index contributed by atoms with van der Waals surface area (Å²) in [5, 5.41) is 2.45. The zero-order valence-corrected chi connectivity index (χ0v) is 18.2. The van der Waals surface area contributed by atoms with Gasteiger partial charge in [0.05, 0.1) is 39.0 Å². The number of benzene rings is 2. The topological polar surface area (TPSA) is 89.0 Å². The molecule has 0 saturated heterocycles. The van der Waals surface area contributed by atoms with E-state index in [1.165, 1.54) is 0 Å². The predicted octanol–water partition coefficient (Wildman–Crippen LogP) is 3.58. The third-order valence-corrected chi connectivity index (χ3v) is 7.41. The summed E-state index contributed by atoms with van der Waals surface area (Å²) in [6, 6.07) is 16.3. The van der Waals surface area contributed by atoms with Crippen molar-refractivity contribution in [2.24, 2.45) is 0 Å². The minimum absolute atomic E-state index is 0.188. The van der Waals surface area contributed by atoms with Crippen LogP contribution in [-0.4, -0.2) is 29.5 Å². The van der Waals surface area contributed by atoms with Crippen molar-refractivity contribution in [1.29, 1.82) is 0 Å². The van der Waals surface area contributed by atoms with Crippen molar-refractivity contribution < 1.29 is 13.2 Å². The summed E-state index contributed by atoms with van der Waals surface area (Å²) in [6.45, 7) is 3.75. The molecule has 0 unspecified atom stereocenters. The molecule has 1 aliphatic carbocycles. The molecule has 7 heteroatoms. The minimum atomic E-state index is -3.33. The molecular formula is C24H23N3O3S. The van der Waals surface area contributed by atoms with E-state index in [2.05, 4.69) is 15.3 Å². The molecule has 0 aliphatic heterocycles. The second-order valence-corrected chi connectivity index (χ2v) is 10.2. The molecule has 0 bridgehead atoms. The summed E-state index contributed by atoms with van der Waals surface area (Å²) >= 11 is 0. The Labute approximate surface area is 182 Å². The Morgan fingerprint density at radius 2 is 1.77 bits per heavy atom. The number of nitrogens with zero attached hydrogens (tertiary/aromatic N) is 2. The Morgan fingerprint density at radius 1 is 1.06 bits per heavy atom. The Bertz CT molecular complexity index is 1250. The monoisotopic (exact) mass is 433 g/mol. The van der Waals surface area contributed by atoms with Crippen LogP contribution in [0.1, 0.15) is 30.8 Å². The van der Waals surface area contributed by atoms with Crippen molar-refractivity contribution in [2.45, 2.75) is 37.0 Å². The van der Waals surface area contributed by atoms with Gasteiger partial charge in [-0.2, -0.15) is 0 Å². The van der Waals surface area contributed by atoms with Gasteiger partial charge in [0.2, 0.25) is 0 Å².